The summed E-state index contributed by atoms with van der Waals surface area (Å²) in [6.07, 6.45) is 1.43. The van der Waals surface area contributed by atoms with Crippen LogP contribution in [0.25, 0.3) is 0 Å². The van der Waals surface area contributed by atoms with Crippen LogP contribution in [0, 0.1) is 0 Å². The third kappa shape index (κ3) is 16.5. The normalized spacial score (nSPS) is 22.2. The fourth-order valence-corrected chi connectivity index (χ4v) is 5.75. The highest BCUT2D eigenvalue weighted by atomic mass is 16.6. The van der Waals surface area contributed by atoms with Gasteiger partial charge in [0.2, 0.25) is 35.4 Å². The van der Waals surface area contributed by atoms with Crippen molar-refractivity contribution in [3.8, 4) is 0 Å². The van der Waals surface area contributed by atoms with Crippen molar-refractivity contribution in [3.63, 3.8) is 0 Å². The van der Waals surface area contributed by atoms with E-state index in [4.69, 9.17) is 10.5 Å². The molecule has 1 fully saturated rings. The van der Waals surface area contributed by atoms with E-state index in [0.717, 1.165) is 11.1 Å². The second kappa shape index (κ2) is 21.9. The summed E-state index contributed by atoms with van der Waals surface area (Å²) in [6.45, 7) is 5.65. The van der Waals surface area contributed by atoms with Gasteiger partial charge in [-0.25, -0.2) is 4.79 Å². The van der Waals surface area contributed by atoms with E-state index in [-0.39, 0.29) is 56.9 Å². The number of alkyl carbamates (subject to hydrolysis) is 1. The molecule has 0 aromatic heterocycles. The van der Waals surface area contributed by atoms with Gasteiger partial charge in [-0.2, -0.15) is 0 Å². The summed E-state index contributed by atoms with van der Waals surface area (Å²) in [7, 11) is 0. The predicted octanol–water partition coefficient (Wildman–Crippen LogP) is 1.67. The summed E-state index contributed by atoms with van der Waals surface area (Å²) in [6, 6.07) is 13.5. The minimum atomic E-state index is -1.18. The number of carbonyl (C=O) groups is 7. The topological polar surface area (TPSA) is 227 Å². The SMILES string of the molecule is CC(C)(C)OC(=O)N[C@H]1CCCCNC(=O)CCC(=O)NCCCC[C@@H](C(N)=O)NC(=O)[C@H](Cc2ccccc2)NC(=O)[C@H](Cc2ccccc2)NC1=O. The van der Waals surface area contributed by atoms with E-state index >= 15 is 0 Å². The molecule has 0 saturated carbocycles. The molecule has 294 valence electrons. The average Bonchev–Trinajstić information content (AvgIpc) is 3.11. The maximum Gasteiger partial charge on any atom is 0.408 e. The van der Waals surface area contributed by atoms with Gasteiger partial charge >= 0.3 is 6.09 Å². The Balaban J connectivity index is 1.94. The Morgan fingerprint density at radius 3 is 1.63 bits per heavy atom. The van der Waals surface area contributed by atoms with E-state index in [9.17, 15) is 33.6 Å². The Kier molecular flexibility index (Phi) is 17.4. The van der Waals surface area contributed by atoms with Crippen molar-refractivity contribution in [1.29, 1.82) is 0 Å². The van der Waals surface area contributed by atoms with E-state index in [1.54, 1.807) is 69.3 Å². The van der Waals surface area contributed by atoms with Crippen LogP contribution in [0.4, 0.5) is 4.79 Å². The standard InChI is InChI=1S/C39H55N7O8/c1-39(2,3)54-38(53)46-29-19-11-13-23-42-33(48)21-20-32(47)41-22-12-10-18-28(34(40)49)43-36(51)30(24-26-14-6-4-7-15-26)45-37(52)31(44-35(29)50)25-27-16-8-5-9-17-27/h4-9,14-17,28-31H,10-13,18-25H2,1-3H3,(H2,40,49)(H,41,47)(H,42,48)(H,43,51)(H,44,50)(H,45,52)(H,46,53)/t28-,29-,30-,31-/m0/s1. The van der Waals surface area contributed by atoms with Crippen LogP contribution in [0.15, 0.2) is 60.7 Å². The van der Waals surface area contributed by atoms with Crippen molar-refractivity contribution in [2.45, 2.75) is 115 Å². The van der Waals surface area contributed by atoms with Gasteiger partial charge in [0.1, 0.15) is 29.8 Å². The van der Waals surface area contributed by atoms with E-state index in [2.05, 4.69) is 31.9 Å². The number of rotatable bonds is 6. The number of ether oxygens (including phenoxy) is 1. The summed E-state index contributed by atoms with van der Waals surface area (Å²) >= 11 is 0. The maximum absolute atomic E-state index is 14.1. The molecule has 1 saturated heterocycles. The molecule has 1 aliphatic rings. The molecule has 0 aliphatic carbocycles. The Labute approximate surface area is 316 Å². The second-order valence-electron chi connectivity index (χ2n) is 14.4. The van der Waals surface area contributed by atoms with Gasteiger partial charge in [0.05, 0.1) is 0 Å². The number of primary amides is 1. The molecule has 8 N–H and O–H groups in total. The minimum Gasteiger partial charge on any atom is -0.444 e. The Morgan fingerprint density at radius 2 is 1.15 bits per heavy atom. The lowest BCUT2D eigenvalue weighted by atomic mass is 10.0. The number of nitrogens with two attached hydrogens (primary N) is 1. The van der Waals surface area contributed by atoms with Crippen molar-refractivity contribution in [2.24, 2.45) is 5.73 Å². The predicted molar refractivity (Wildman–Crippen MR) is 201 cm³/mol. The van der Waals surface area contributed by atoms with Gasteiger partial charge in [-0.15, -0.1) is 0 Å². The van der Waals surface area contributed by atoms with Crippen LogP contribution in [0.2, 0.25) is 0 Å². The van der Waals surface area contributed by atoms with Gasteiger partial charge in [0.15, 0.2) is 0 Å². The summed E-state index contributed by atoms with van der Waals surface area (Å²) in [5.41, 5.74) is 6.28. The first-order valence-electron chi connectivity index (χ1n) is 18.5. The molecule has 0 unspecified atom stereocenters. The third-order valence-electron chi connectivity index (χ3n) is 8.56. The minimum absolute atomic E-state index is 0.00741. The largest absolute Gasteiger partial charge is 0.444 e. The molecule has 1 heterocycles. The van der Waals surface area contributed by atoms with Crippen LogP contribution in [0.5, 0.6) is 0 Å². The van der Waals surface area contributed by atoms with Gasteiger partial charge < -0.3 is 42.4 Å². The van der Waals surface area contributed by atoms with E-state index in [1.807, 2.05) is 12.1 Å². The molecular weight excluding hydrogens is 694 g/mol. The monoisotopic (exact) mass is 749 g/mol. The van der Waals surface area contributed by atoms with Crippen molar-refractivity contribution >= 4 is 41.5 Å². The highest BCUT2D eigenvalue weighted by Crippen LogP contribution is 2.12. The van der Waals surface area contributed by atoms with Crippen molar-refractivity contribution in [2.75, 3.05) is 13.1 Å². The van der Waals surface area contributed by atoms with E-state index < -0.39 is 59.5 Å². The van der Waals surface area contributed by atoms with Gasteiger partial charge in [-0.05, 0) is 70.4 Å². The average molecular weight is 750 g/mol. The van der Waals surface area contributed by atoms with Gasteiger partial charge in [-0.3, -0.25) is 28.8 Å². The molecule has 7 amide bonds. The molecule has 0 radical (unpaired) electrons. The number of hydrogen-bond acceptors (Lipinski definition) is 8. The van der Waals surface area contributed by atoms with Crippen molar-refractivity contribution in [3.05, 3.63) is 71.8 Å². The number of benzene rings is 2. The fourth-order valence-electron chi connectivity index (χ4n) is 5.75. The summed E-state index contributed by atoms with van der Waals surface area (Å²) in [5.74, 6) is -3.33. The highest BCUT2D eigenvalue weighted by Gasteiger charge is 2.32. The molecule has 0 bridgehead atoms. The molecule has 15 nitrogen and oxygen atoms in total. The van der Waals surface area contributed by atoms with E-state index in [1.165, 1.54) is 0 Å². The lowest BCUT2D eigenvalue weighted by Gasteiger charge is -2.27. The molecule has 1 aliphatic heterocycles. The Morgan fingerprint density at radius 1 is 0.685 bits per heavy atom. The first-order valence-corrected chi connectivity index (χ1v) is 18.5. The second-order valence-corrected chi connectivity index (χ2v) is 14.4. The summed E-state index contributed by atoms with van der Waals surface area (Å²) in [4.78, 5) is 91.7. The van der Waals surface area contributed by atoms with Gasteiger partial charge in [-0.1, -0.05) is 60.7 Å². The first-order chi connectivity index (χ1) is 25.7. The molecule has 0 spiro atoms. The molecule has 54 heavy (non-hydrogen) atoms. The van der Waals surface area contributed by atoms with Crippen molar-refractivity contribution in [1.82, 2.24) is 31.9 Å². The zero-order chi connectivity index (χ0) is 39.5. The van der Waals surface area contributed by atoms with Gasteiger partial charge in [0.25, 0.3) is 0 Å². The third-order valence-corrected chi connectivity index (χ3v) is 8.56. The molecule has 2 aromatic rings. The first kappa shape index (κ1) is 42.9. The molecule has 15 heteroatoms. The smallest absolute Gasteiger partial charge is 0.408 e. The zero-order valence-electron chi connectivity index (χ0n) is 31.4. The zero-order valence-corrected chi connectivity index (χ0v) is 31.4. The van der Waals surface area contributed by atoms with Crippen LogP contribution in [0.1, 0.15) is 83.3 Å². The Bertz CT molecular complexity index is 1570. The quantitative estimate of drug-likeness (QED) is 0.229. The lowest BCUT2D eigenvalue weighted by Crippen LogP contribution is -2.59. The van der Waals surface area contributed by atoms with Crippen LogP contribution in [-0.2, 0) is 46.3 Å². The molecule has 4 atom stereocenters. The van der Waals surface area contributed by atoms with E-state index in [0.29, 0.717) is 32.2 Å². The number of nitrogens with one attached hydrogen (secondary N) is 6. The highest BCUT2D eigenvalue weighted by molar-refractivity contribution is 5.95. The Hall–Kier alpha value is -5.47. The lowest BCUT2D eigenvalue weighted by molar-refractivity contribution is -0.133. The fraction of sp³-hybridized carbons (Fsp3) is 0.513. The summed E-state index contributed by atoms with van der Waals surface area (Å²) in [5, 5.41) is 16.4. The molecule has 3 rings (SSSR count). The van der Waals surface area contributed by atoms with Crippen LogP contribution in [-0.4, -0.2) is 84.4 Å². The number of carbonyl (C=O) groups excluding carboxylic acids is 7. The number of hydrogen-bond donors (Lipinski definition) is 7. The summed E-state index contributed by atoms with van der Waals surface area (Å²) < 4.78 is 5.41. The van der Waals surface area contributed by atoms with Crippen LogP contribution >= 0.6 is 0 Å². The van der Waals surface area contributed by atoms with Crippen LogP contribution < -0.4 is 37.6 Å². The maximum atomic E-state index is 14.1. The molecule has 2 aromatic carbocycles. The van der Waals surface area contributed by atoms with Crippen molar-refractivity contribution < 1.29 is 38.3 Å². The number of amides is 7. The molecular formula is C39H55N7O8. The van der Waals surface area contributed by atoms with Crippen LogP contribution in [0.3, 0.4) is 0 Å². The van der Waals surface area contributed by atoms with Gasteiger partial charge in [0, 0.05) is 38.8 Å².